The van der Waals surface area contributed by atoms with Crippen LogP contribution in [0.15, 0.2) is 4.52 Å². The molecule has 0 aliphatic carbocycles. The fourth-order valence-corrected chi connectivity index (χ4v) is 1.51. The zero-order chi connectivity index (χ0) is 12.7. The summed E-state index contributed by atoms with van der Waals surface area (Å²) in [5.74, 6) is 1.65. The van der Waals surface area contributed by atoms with Crippen LogP contribution in [0.25, 0.3) is 0 Å². The molecule has 1 heterocycles. The van der Waals surface area contributed by atoms with Gasteiger partial charge >= 0.3 is 0 Å². The van der Waals surface area contributed by atoms with Gasteiger partial charge in [-0.15, -0.1) is 0 Å². The maximum Gasteiger partial charge on any atom is 0.231 e. The first kappa shape index (κ1) is 14.1. The Morgan fingerprint density at radius 3 is 2.82 bits per heavy atom. The molecule has 0 amide bonds. The van der Waals surface area contributed by atoms with Crippen LogP contribution in [0.4, 0.5) is 0 Å². The minimum atomic E-state index is 0.227. The van der Waals surface area contributed by atoms with E-state index in [0.29, 0.717) is 25.0 Å². The Morgan fingerprint density at radius 1 is 1.41 bits per heavy atom. The summed E-state index contributed by atoms with van der Waals surface area (Å²) in [6, 6.07) is 0.339. The maximum atomic E-state index is 5.27. The fraction of sp³-hybridized carbons (Fsp3) is 0.833. The highest BCUT2D eigenvalue weighted by Crippen LogP contribution is 2.17. The molecule has 98 valence electrons. The van der Waals surface area contributed by atoms with Crippen LogP contribution >= 0.6 is 0 Å². The Balaban J connectivity index is 2.50. The lowest BCUT2D eigenvalue weighted by Gasteiger charge is -2.17. The summed E-state index contributed by atoms with van der Waals surface area (Å²) in [5, 5.41) is 7.37. The van der Waals surface area contributed by atoms with Crippen LogP contribution in [0.5, 0.6) is 0 Å². The van der Waals surface area contributed by atoms with Gasteiger partial charge in [0.05, 0.1) is 12.5 Å². The first-order valence-corrected chi connectivity index (χ1v) is 6.23. The lowest BCUT2D eigenvalue weighted by molar-refractivity contribution is 0.199. The summed E-state index contributed by atoms with van der Waals surface area (Å²) in [5.41, 5.74) is 0. The quantitative estimate of drug-likeness (QED) is 0.751. The van der Waals surface area contributed by atoms with Crippen LogP contribution in [0.3, 0.4) is 0 Å². The second-order valence-electron chi connectivity index (χ2n) is 4.32. The van der Waals surface area contributed by atoms with E-state index in [1.54, 1.807) is 7.11 Å². The normalized spacial score (nSPS) is 14.8. The predicted molar refractivity (Wildman–Crippen MR) is 66.0 cm³/mol. The van der Waals surface area contributed by atoms with E-state index in [1.165, 1.54) is 0 Å². The molecule has 2 atom stereocenters. The largest absolute Gasteiger partial charge is 0.384 e. The third-order valence-corrected chi connectivity index (χ3v) is 2.87. The minimum absolute atomic E-state index is 0.227. The summed E-state index contributed by atoms with van der Waals surface area (Å²) in [6.45, 7) is 8.02. The predicted octanol–water partition coefficient (Wildman–Crippen LogP) is 1.75. The number of rotatable bonds is 8. The minimum Gasteiger partial charge on any atom is -0.384 e. The van der Waals surface area contributed by atoms with Crippen molar-refractivity contribution in [2.24, 2.45) is 0 Å². The number of nitrogens with one attached hydrogen (secondary N) is 1. The van der Waals surface area contributed by atoms with E-state index in [4.69, 9.17) is 9.26 Å². The first-order chi connectivity index (χ1) is 8.19. The van der Waals surface area contributed by atoms with E-state index in [1.807, 2.05) is 0 Å². The highest BCUT2D eigenvalue weighted by atomic mass is 16.5. The van der Waals surface area contributed by atoms with Crippen LogP contribution in [0.2, 0.25) is 0 Å². The summed E-state index contributed by atoms with van der Waals surface area (Å²) >= 11 is 0. The van der Waals surface area contributed by atoms with Gasteiger partial charge in [0.1, 0.15) is 0 Å². The SMILES string of the molecule is CCCNC(C)C(C)c1nc(CCOC)no1. The van der Waals surface area contributed by atoms with Crippen molar-refractivity contribution in [2.45, 2.75) is 45.6 Å². The van der Waals surface area contributed by atoms with Crippen molar-refractivity contribution < 1.29 is 9.26 Å². The highest BCUT2D eigenvalue weighted by molar-refractivity contribution is 4.96. The van der Waals surface area contributed by atoms with Gasteiger partial charge in [0, 0.05) is 19.6 Å². The topological polar surface area (TPSA) is 60.2 Å². The molecule has 17 heavy (non-hydrogen) atoms. The maximum absolute atomic E-state index is 5.27. The molecule has 0 fully saturated rings. The molecule has 0 aliphatic rings. The number of aromatic nitrogens is 2. The first-order valence-electron chi connectivity index (χ1n) is 6.23. The lowest BCUT2D eigenvalue weighted by Crippen LogP contribution is -2.31. The van der Waals surface area contributed by atoms with Gasteiger partial charge in [0.15, 0.2) is 5.82 Å². The molecular formula is C12H23N3O2. The van der Waals surface area contributed by atoms with Crippen molar-refractivity contribution in [3.63, 3.8) is 0 Å². The zero-order valence-corrected chi connectivity index (χ0v) is 11.2. The Bertz CT molecular complexity index is 314. The number of hydrogen-bond donors (Lipinski definition) is 1. The number of nitrogens with zero attached hydrogens (tertiary/aromatic N) is 2. The van der Waals surface area contributed by atoms with Gasteiger partial charge in [-0.25, -0.2) is 0 Å². The van der Waals surface area contributed by atoms with Crippen molar-refractivity contribution in [3.05, 3.63) is 11.7 Å². The summed E-state index contributed by atoms with van der Waals surface area (Å²) < 4.78 is 10.2. The third-order valence-electron chi connectivity index (χ3n) is 2.87. The van der Waals surface area contributed by atoms with Gasteiger partial charge in [-0.2, -0.15) is 4.98 Å². The van der Waals surface area contributed by atoms with Gasteiger partial charge in [0.2, 0.25) is 5.89 Å². The lowest BCUT2D eigenvalue weighted by atomic mass is 10.0. The highest BCUT2D eigenvalue weighted by Gasteiger charge is 2.19. The number of ether oxygens (including phenoxy) is 1. The molecule has 5 heteroatoms. The average molecular weight is 241 g/mol. The Kier molecular flexibility index (Phi) is 6.15. The van der Waals surface area contributed by atoms with E-state index in [9.17, 15) is 0 Å². The molecule has 0 saturated carbocycles. The molecule has 0 aromatic carbocycles. The standard InChI is InChI=1S/C12H23N3O2/c1-5-7-13-10(3)9(2)12-14-11(15-17-12)6-8-16-4/h9-10,13H,5-8H2,1-4H3. The molecule has 5 nitrogen and oxygen atoms in total. The van der Waals surface area contributed by atoms with Gasteiger partial charge in [0.25, 0.3) is 0 Å². The van der Waals surface area contributed by atoms with E-state index >= 15 is 0 Å². The second kappa shape index (κ2) is 7.40. The van der Waals surface area contributed by atoms with Gasteiger partial charge in [-0.1, -0.05) is 19.0 Å². The smallest absolute Gasteiger partial charge is 0.231 e. The van der Waals surface area contributed by atoms with Gasteiger partial charge in [-0.3, -0.25) is 0 Å². The molecule has 0 aliphatic heterocycles. The van der Waals surface area contributed by atoms with Crippen molar-refractivity contribution >= 4 is 0 Å². The summed E-state index contributed by atoms with van der Waals surface area (Å²) in [7, 11) is 1.67. The van der Waals surface area contributed by atoms with Gasteiger partial charge < -0.3 is 14.6 Å². The molecule has 0 spiro atoms. The summed E-state index contributed by atoms with van der Waals surface area (Å²) in [6.07, 6.45) is 1.82. The van der Waals surface area contributed by atoms with Crippen molar-refractivity contribution in [1.29, 1.82) is 0 Å². The Morgan fingerprint density at radius 2 is 2.18 bits per heavy atom. The molecule has 1 N–H and O–H groups in total. The molecule has 2 unspecified atom stereocenters. The molecule has 1 aromatic rings. The van der Waals surface area contributed by atoms with Gasteiger partial charge in [-0.05, 0) is 19.9 Å². The van der Waals surface area contributed by atoms with Crippen LogP contribution in [-0.2, 0) is 11.2 Å². The second-order valence-corrected chi connectivity index (χ2v) is 4.32. The third kappa shape index (κ3) is 4.44. The summed E-state index contributed by atoms with van der Waals surface area (Å²) in [4.78, 5) is 4.38. The van der Waals surface area contributed by atoms with E-state index < -0.39 is 0 Å². The Hall–Kier alpha value is -0.940. The van der Waals surface area contributed by atoms with Crippen LogP contribution in [0, 0.1) is 0 Å². The molecule has 1 rings (SSSR count). The van der Waals surface area contributed by atoms with E-state index in [0.717, 1.165) is 18.8 Å². The average Bonchev–Trinajstić information content (AvgIpc) is 2.81. The van der Waals surface area contributed by atoms with Crippen LogP contribution in [0.1, 0.15) is 44.8 Å². The number of hydrogen-bond acceptors (Lipinski definition) is 5. The molecule has 0 saturated heterocycles. The van der Waals surface area contributed by atoms with E-state index in [-0.39, 0.29) is 5.92 Å². The fourth-order valence-electron chi connectivity index (χ4n) is 1.51. The molecular weight excluding hydrogens is 218 g/mol. The van der Waals surface area contributed by atoms with Crippen molar-refractivity contribution in [2.75, 3.05) is 20.3 Å². The number of methoxy groups -OCH3 is 1. The van der Waals surface area contributed by atoms with E-state index in [2.05, 4.69) is 36.2 Å². The van der Waals surface area contributed by atoms with Crippen molar-refractivity contribution in [3.8, 4) is 0 Å². The van der Waals surface area contributed by atoms with Crippen LogP contribution in [-0.4, -0.2) is 36.4 Å². The molecule has 1 aromatic heterocycles. The molecule has 0 radical (unpaired) electrons. The Labute approximate surface area is 103 Å². The van der Waals surface area contributed by atoms with Crippen molar-refractivity contribution in [1.82, 2.24) is 15.5 Å². The molecule has 0 bridgehead atoms. The van der Waals surface area contributed by atoms with Crippen LogP contribution < -0.4 is 5.32 Å². The zero-order valence-electron chi connectivity index (χ0n) is 11.2. The monoisotopic (exact) mass is 241 g/mol.